The van der Waals surface area contributed by atoms with Crippen LogP contribution in [-0.4, -0.2) is 57.4 Å². The highest BCUT2D eigenvalue weighted by atomic mass is 32.2. The molecule has 23 heavy (non-hydrogen) atoms. The van der Waals surface area contributed by atoms with Crippen molar-refractivity contribution in [3.05, 3.63) is 30.9 Å². The first-order valence-electron chi connectivity index (χ1n) is 8.29. The second-order valence-electron chi connectivity index (χ2n) is 6.04. The third-order valence-electron chi connectivity index (χ3n) is 4.66. The quantitative estimate of drug-likeness (QED) is 0.859. The van der Waals surface area contributed by atoms with Crippen molar-refractivity contribution in [1.82, 2.24) is 19.7 Å². The van der Waals surface area contributed by atoms with Gasteiger partial charge in [0, 0.05) is 56.1 Å². The first-order chi connectivity index (χ1) is 11.4. The lowest BCUT2D eigenvalue weighted by molar-refractivity contribution is 0.366. The molecule has 6 nitrogen and oxygen atoms in total. The lowest BCUT2D eigenvalue weighted by atomic mass is 10.1. The molecule has 7 heteroatoms. The van der Waals surface area contributed by atoms with Crippen LogP contribution in [0.2, 0.25) is 0 Å². The molecule has 0 saturated carbocycles. The van der Waals surface area contributed by atoms with Crippen molar-refractivity contribution in [2.24, 2.45) is 0 Å². The predicted octanol–water partition coefficient (Wildman–Crippen LogP) is 2.07. The Morgan fingerprint density at radius 2 is 1.65 bits per heavy atom. The minimum Gasteiger partial charge on any atom is -0.356 e. The van der Waals surface area contributed by atoms with Crippen molar-refractivity contribution < 1.29 is 0 Å². The second-order valence-corrected chi connectivity index (χ2v) is 7.26. The summed E-state index contributed by atoms with van der Waals surface area (Å²) < 4.78 is 2.09. The van der Waals surface area contributed by atoms with Gasteiger partial charge < -0.3 is 9.80 Å². The fourth-order valence-electron chi connectivity index (χ4n) is 3.33. The largest absolute Gasteiger partial charge is 0.356 e. The number of hydrogen-bond donors (Lipinski definition) is 0. The van der Waals surface area contributed by atoms with Crippen molar-refractivity contribution in [3.63, 3.8) is 0 Å². The van der Waals surface area contributed by atoms with Crippen LogP contribution in [0.15, 0.2) is 30.9 Å². The van der Waals surface area contributed by atoms with Crippen molar-refractivity contribution >= 4 is 23.4 Å². The van der Waals surface area contributed by atoms with Gasteiger partial charge in [0.1, 0.15) is 18.0 Å². The van der Waals surface area contributed by atoms with Crippen molar-refractivity contribution in [2.75, 3.05) is 47.5 Å². The van der Waals surface area contributed by atoms with E-state index in [1.807, 2.05) is 24.0 Å². The molecule has 0 N–H and O–H groups in total. The molecule has 4 heterocycles. The van der Waals surface area contributed by atoms with E-state index in [1.165, 1.54) is 11.5 Å². The maximum Gasteiger partial charge on any atom is 0.134 e. The second kappa shape index (κ2) is 6.78. The molecule has 4 rings (SSSR count). The molecule has 122 valence electrons. The summed E-state index contributed by atoms with van der Waals surface area (Å²) in [6.45, 7) is 4.22. The molecular weight excluding hydrogens is 308 g/mol. The normalized spacial score (nSPS) is 20.0. The van der Waals surface area contributed by atoms with Gasteiger partial charge in [-0.3, -0.25) is 4.68 Å². The summed E-state index contributed by atoms with van der Waals surface area (Å²) in [7, 11) is 0. The molecule has 0 radical (unpaired) electrons. The topological polar surface area (TPSA) is 50.1 Å². The zero-order valence-corrected chi connectivity index (χ0v) is 14.0. The van der Waals surface area contributed by atoms with Crippen molar-refractivity contribution in [3.8, 4) is 0 Å². The van der Waals surface area contributed by atoms with E-state index in [2.05, 4.69) is 41.8 Å². The van der Waals surface area contributed by atoms with Crippen LogP contribution < -0.4 is 9.80 Å². The minimum absolute atomic E-state index is 0.515. The van der Waals surface area contributed by atoms with E-state index < -0.39 is 0 Å². The molecule has 2 saturated heterocycles. The van der Waals surface area contributed by atoms with Gasteiger partial charge in [0.15, 0.2) is 0 Å². The Morgan fingerprint density at radius 1 is 0.957 bits per heavy atom. The van der Waals surface area contributed by atoms with Crippen LogP contribution in [0.4, 0.5) is 11.6 Å². The number of thioether (sulfide) groups is 1. The molecule has 2 aliphatic heterocycles. The zero-order chi connectivity index (χ0) is 15.5. The maximum absolute atomic E-state index is 4.51. The summed E-state index contributed by atoms with van der Waals surface area (Å²) in [6, 6.07) is 4.67. The summed E-state index contributed by atoms with van der Waals surface area (Å²) in [5, 5.41) is 4.38. The third-order valence-corrected chi connectivity index (χ3v) is 5.60. The van der Waals surface area contributed by atoms with Crippen LogP contribution in [-0.2, 0) is 0 Å². The van der Waals surface area contributed by atoms with Gasteiger partial charge in [0.25, 0.3) is 0 Å². The number of piperidine rings is 1. The maximum atomic E-state index is 4.51. The summed E-state index contributed by atoms with van der Waals surface area (Å²) in [4.78, 5) is 13.7. The van der Waals surface area contributed by atoms with E-state index in [9.17, 15) is 0 Å². The van der Waals surface area contributed by atoms with Gasteiger partial charge in [-0.2, -0.15) is 16.9 Å². The van der Waals surface area contributed by atoms with Crippen molar-refractivity contribution in [2.45, 2.75) is 18.9 Å². The highest BCUT2D eigenvalue weighted by Crippen LogP contribution is 2.26. The average molecular weight is 330 g/mol. The zero-order valence-electron chi connectivity index (χ0n) is 13.2. The lowest BCUT2D eigenvalue weighted by Gasteiger charge is -2.33. The van der Waals surface area contributed by atoms with Crippen molar-refractivity contribution in [1.29, 1.82) is 0 Å². The van der Waals surface area contributed by atoms with Crippen LogP contribution in [0, 0.1) is 0 Å². The summed E-state index contributed by atoms with van der Waals surface area (Å²) in [5.74, 6) is 4.51. The Labute approximate surface area is 140 Å². The molecule has 0 spiro atoms. The van der Waals surface area contributed by atoms with Gasteiger partial charge in [-0.15, -0.1) is 0 Å². The molecule has 2 aromatic rings. The standard InChI is InChI=1S/C16H22N6S/c1-4-19-22(5-1)14-2-6-20(7-3-14)15-12-16(18-13-17-15)21-8-10-23-11-9-21/h1,4-5,12-14H,2-3,6-11H2. The van der Waals surface area contributed by atoms with E-state index in [-0.39, 0.29) is 0 Å². The molecule has 2 fully saturated rings. The van der Waals surface area contributed by atoms with Crippen LogP contribution in [0.3, 0.4) is 0 Å². The van der Waals surface area contributed by atoms with Gasteiger partial charge in [-0.1, -0.05) is 0 Å². The first-order valence-corrected chi connectivity index (χ1v) is 9.44. The Hall–Kier alpha value is -1.76. The van der Waals surface area contributed by atoms with Gasteiger partial charge in [0.05, 0.1) is 6.04 Å². The number of nitrogens with zero attached hydrogens (tertiary/aromatic N) is 6. The molecule has 0 aliphatic carbocycles. The Balaban J connectivity index is 1.42. The van der Waals surface area contributed by atoms with E-state index in [0.717, 1.165) is 50.7 Å². The van der Waals surface area contributed by atoms with Crippen LogP contribution in [0.1, 0.15) is 18.9 Å². The smallest absolute Gasteiger partial charge is 0.134 e. The van der Waals surface area contributed by atoms with Crippen LogP contribution in [0.25, 0.3) is 0 Å². The van der Waals surface area contributed by atoms with E-state index in [1.54, 1.807) is 6.33 Å². The molecule has 2 aromatic heterocycles. The lowest BCUT2D eigenvalue weighted by Crippen LogP contribution is -2.36. The molecule has 0 aromatic carbocycles. The molecular formula is C16H22N6S. The predicted molar refractivity (Wildman–Crippen MR) is 94.3 cm³/mol. The number of hydrogen-bond acceptors (Lipinski definition) is 6. The molecule has 0 amide bonds. The summed E-state index contributed by atoms with van der Waals surface area (Å²) in [6.07, 6.45) is 7.87. The fraction of sp³-hybridized carbons (Fsp3) is 0.562. The molecule has 2 aliphatic rings. The highest BCUT2D eigenvalue weighted by molar-refractivity contribution is 7.99. The third kappa shape index (κ3) is 3.29. The van der Waals surface area contributed by atoms with Gasteiger partial charge in [-0.05, 0) is 18.9 Å². The Kier molecular flexibility index (Phi) is 4.37. The first kappa shape index (κ1) is 14.8. The number of rotatable bonds is 3. The molecule has 0 unspecified atom stereocenters. The van der Waals surface area contributed by atoms with Gasteiger partial charge in [-0.25, -0.2) is 9.97 Å². The van der Waals surface area contributed by atoms with Crippen LogP contribution >= 0.6 is 11.8 Å². The van der Waals surface area contributed by atoms with Gasteiger partial charge >= 0.3 is 0 Å². The summed E-state index contributed by atoms with van der Waals surface area (Å²) in [5.41, 5.74) is 0. The SMILES string of the molecule is c1cnn(C2CCN(c3cc(N4CCSCC4)ncn3)CC2)c1. The Morgan fingerprint density at radius 3 is 2.30 bits per heavy atom. The fourth-order valence-corrected chi connectivity index (χ4v) is 4.23. The van der Waals surface area contributed by atoms with E-state index >= 15 is 0 Å². The average Bonchev–Trinajstić information content (AvgIpc) is 3.17. The monoisotopic (exact) mass is 330 g/mol. The Bertz CT molecular complexity index is 617. The van der Waals surface area contributed by atoms with E-state index in [4.69, 9.17) is 0 Å². The summed E-state index contributed by atoms with van der Waals surface area (Å²) >= 11 is 2.02. The number of anilines is 2. The number of aromatic nitrogens is 4. The minimum atomic E-state index is 0.515. The molecule has 0 bridgehead atoms. The molecule has 0 atom stereocenters. The highest BCUT2D eigenvalue weighted by Gasteiger charge is 2.22. The van der Waals surface area contributed by atoms with Crippen LogP contribution in [0.5, 0.6) is 0 Å². The van der Waals surface area contributed by atoms with Gasteiger partial charge in [0.2, 0.25) is 0 Å². The van der Waals surface area contributed by atoms with E-state index in [0.29, 0.717) is 6.04 Å².